The maximum atomic E-state index is 12.5. The van der Waals surface area contributed by atoms with Gasteiger partial charge in [0.05, 0.1) is 45.4 Å². The van der Waals surface area contributed by atoms with Gasteiger partial charge in [0, 0.05) is 52.4 Å². The summed E-state index contributed by atoms with van der Waals surface area (Å²) in [5, 5.41) is -0.870. The van der Waals surface area contributed by atoms with Gasteiger partial charge < -0.3 is 39.1 Å². The maximum Gasteiger partial charge on any atom is 0.356 e. The standard InChI is InChI=1S/C36H48N4O12P4/c1-25-29(9-5-13-33(25)53(41,42)43)37-17-19-38(30-10-6-14-34(26(30)2)54(44,45)46)21-23-40(32-12-8-16-36(28(32)4)56(50,51)52)24-22-39(20-18-37)31-11-7-15-35(27(31)3)55(47,48)49/h5-16,29-32H,1-4,17-24H2,(H2,41,42,43)(H2,44,45,46)(H2,47,48,49)(H2,50,51,52). The zero-order chi connectivity index (χ0) is 41.4. The topological polar surface area (TPSA) is 243 Å². The van der Waals surface area contributed by atoms with Crippen molar-refractivity contribution in [3.8, 4) is 0 Å². The van der Waals surface area contributed by atoms with Gasteiger partial charge in [-0.15, -0.1) is 0 Å². The summed E-state index contributed by atoms with van der Waals surface area (Å²) >= 11 is 0. The smallest absolute Gasteiger partial charge is 0.321 e. The molecular weight excluding hydrogens is 804 g/mol. The van der Waals surface area contributed by atoms with Crippen LogP contribution >= 0.6 is 30.4 Å². The summed E-state index contributed by atoms with van der Waals surface area (Å²) in [6.07, 6.45) is 18.5. The third-order valence-electron chi connectivity index (χ3n) is 10.5. The second-order valence-electron chi connectivity index (χ2n) is 13.9. The van der Waals surface area contributed by atoms with E-state index in [1.807, 2.05) is 19.6 Å². The summed E-state index contributed by atoms with van der Waals surface area (Å²) in [5.41, 5.74) is 0.763. The average molecular weight is 853 g/mol. The second-order valence-corrected chi connectivity index (χ2v) is 20.2. The Morgan fingerprint density at radius 2 is 0.536 bits per heavy atom. The molecule has 56 heavy (non-hydrogen) atoms. The molecule has 1 fully saturated rings. The van der Waals surface area contributed by atoms with Crippen LogP contribution in [-0.2, 0) is 18.3 Å². The second kappa shape index (κ2) is 17.3. The van der Waals surface area contributed by atoms with Crippen molar-refractivity contribution in [2.75, 3.05) is 52.4 Å². The minimum atomic E-state index is -4.71. The molecule has 4 atom stereocenters. The van der Waals surface area contributed by atoms with Crippen molar-refractivity contribution in [3.63, 3.8) is 0 Å². The summed E-state index contributed by atoms with van der Waals surface area (Å²) in [6, 6.07) is -2.70. The lowest BCUT2D eigenvalue weighted by Crippen LogP contribution is -2.53. The molecule has 5 rings (SSSR count). The number of nitrogens with zero attached hydrogens (tertiary/aromatic N) is 4. The van der Waals surface area contributed by atoms with E-state index in [2.05, 4.69) is 26.3 Å². The molecule has 16 nitrogen and oxygen atoms in total. The van der Waals surface area contributed by atoms with E-state index in [0.717, 1.165) is 0 Å². The Balaban J connectivity index is 1.55. The van der Waals surface area contributed by atoms with Crippen molar-refractivity contribution in [1.29, 1.82) is 0 Å². The third kappa shape index (κ3) is 10.1. The van der Waals surface area contributed by atoms with Crippen molar-refractivity contribution < 1.29 is 57.4 Å². The molecule has 5 aliphatic rings. The van der Waals surface area contributed by atoms with Crippen LogP contribution in [0.2, 0.25) is 0 Å². The van der Waals surface area contributed by atoms with E-state index >= 15 is 0 Å². The lowest BCUT2D eigenvalue weighted by molar-refractivity contribution is 0.113. The van der Waals surface area contributed by atoms with Gasteiger partial charge in [0.1, 0.15) is 0 Å². The average Bonchev–Trinajstić information content (AvgIpc) is 3.08. The minimum absolute atomic E-state index is 0.191. The summed E-state index contributed by atoms with van der Waals surface area (Å²) in [5.74, 6) is 0. The molecule has 0 amide bonds. The zero-order valence-electron chi connectivity index (χ0n) is 30.5. The fraction of sp³-hybridized carbons (Fsp3) is 0.333. The van der Waals surface area contributed by atoms with E-state index in [4.69, 9.17) is 0 Å². The summed E-state index contributed by atoms with van der Waals surface area (Å²) in [7, 11) is -18.9. The van der Waals surface area contributed by atoms with E-state index in [1.54, 1.807) is 48.6 Å². The fourth-order valence-corrected chi connectivity index (χ4v) is 10.7. The Kier molecular flexibility index (Phi) is 13.7. The first-order chi connectivity index (χ1) is 26.0. The molecule has 0 radical (unpaired) electrons. The van der Waals surface area contributed by atoms with Crippen LogP contribution in [0.3, 0.4) is 0 Å². The van der Waals surface area contributed by atoms with Gasteiger partial charge in [-0.25, -0.2) is 0 Å². The molecule has 0 spiro atoms. The normalized spacial score (nSPS) is 27.7. The van der Waals surface area contributed by atoms with Crippen LogP contribution in [0.5, 0.6) is 0 Å². The monoisotopic (exact) mass is 852 g/mol. The molecule has 4 aliphatic carbocycles. The summed E-state index contributed by atoms with van der Waals surface area (Å²) in [6.45, 7) is 18.2. The van der Waals surface area contributed by atoms with Crippen molar-refractivity contribution >= 4 is 30.4 Å². The van der Waals surface area contributed by atoms with Crippen LogP contribution in [-0.4, -0.2) is 135 Å². The van der Waals surface area contributed by atoms with E-state index < -0.39 is 54.6 Å². The molecule has 4 unspecified atom stereocenters. The lowest BCUT2D eigenvalue weighted by Gasteiger charge is -2.43. The van der Waals surface area contributed by atoms with Gasteiger partial charge in [-0.05, 0) is 46.6 Å². The Morgan fingerprint density at radius 3 is 0.679 bits per heavy atom. The molecule has 0 aromatic carbocycles. The first kappa shape index (κ1) is 44.4. The Bertz CT molecular complexity index is 1800. The SMILES string of the molecule is C=C1C(P(=O)(O)O)=CC=CC1N1CCN(C2C=CC=C(P(=O)(O)O)C2=C)CCN(C2C=CC=C(P(=O)(O)O)C2=C)CCN(C2C=CC=C(P(=O)(O)O)C2=C)CC1. The molecule has 8 N–H and O–H groups in total. The molecule has 304 valence electrons. The summed E-state index contributed by atoms with van der Waals surface area (Å²) in [4.78, 5) is 88.9. The molecule has 20 heteroatoms. The van der Waals surface area contributed by atoms with Crippen molar-refractivity contribution in [1.82, 2.24) is 19.6 Å². The van der Waals surface area contributed by atoms with Crippen LogP contribution in [0, 0.1) is 0 Å². The zero-order valence-corrected chi connectivity index (χ0v) is 34.1. The molecule has 1 heterocycles. The highest BCUT2D eigenvalue weighted by atomic mass is 31.2. The highest BCUT2D eigenvalue weighted by Crippen LogP contribution is 2.53. The number of rotatable bonds is 8. The Labute approximate surface area is 325 Å². The maximum absolute atomic E-state index is 12.5. The third-order valence-corrected chi connectivity index (χ3v) is 14.7. The molecular formula is C36H48N4O12P4. The van der Waals surface area contributed by atoms with Crippen molar-refractivity contribution in [2.45, 2.75) is 24.2 Å². The first-order valence-electron chi connectivity index (χ1n) is 17.5. The van der Waals surface area contributed by atoms with Crippen molar-refractivity contribution in [2.24, 2.45) is 0 Å². The Morgan fingerprint density at radius 1 is 0.375 bits per heavy atom. The minimum Gasteiger partial charge on any atom is -0.321 e. The quantitative estimate of drug-likeness (QED) is 0.163. The van der Waals surface area contributed by atoms with Gasteiger partial charge in [0.15, 0.2) is 0 Å². The van der Waals surface area contributed by atoms with E-state index in [9.17, 15) is 57.4 Å². The molecule has 0 aromatic rings. The number of allylic oxidation sites excluding steroid dienone is 8. The number of hydrogen-bond acceptors (Lipinski definition) is 8. The number of hydrogen-bond donors (Lipinski definition) is 8. The molecule has 0 bridgehead atoms. The van der Waals surface area contributed by atoms with E-state index in [-0.39, 0.29) is 95.9 Å². The van der Waals surface area contributed by atoms with Crippen LogP contribution < -0.4 is 0 Å². The van der Waals surface area contributed by atoms with Crippen LogP contribution in [0.25, 0.3) is 0 Å². The van der Waals surface area contributed by atoms with Crippen LogP contribution in [0.15, 0.2) is 143 Å². The molecule has 1 saturated heterocycles. The summed E-state index contributed by atoms with van der Waals surface area (Å²) < 4.78 is 49.9. The first-order valence-corrected chi connectivity index (χ1v) is 24.0. The van der Waals surface area contributed by atoms with Gasteiger partial charge in [0.2, 0.25) is 0 Å². The largest absolute Gasteiger partial charge is 0.356 e. The van der Waals surface area contributed by atoms with Gasteiger partial charge in [-0.1, -0.05) is 74.9 Å². The Hall–Kier alpha value is -2.68. The van der Waals surface area contributed by atoms with Gasteiger partial charge in [-0.3, -0.25) is 37.9 Å². The van der Waals surface area contributed by atoms with Gasteiger partial charge in [-0.2, -0.15) is 0 Å². The van der Waals surface area contributed by atoms with Crippen LogP contribution in [0.4, 0.5) is 0 Å². The lowest BCUT2D eigenvalue weighted by atomic mass is 9.98. The van der Waals surface area contributed by atoms with Gasteiger partial charge >= 0.3 is 30.4 Å². The predicted molar refractivity (Wildman–Crippen MR) is 215 cm³/mol. The molecule has 0 aromatic heterocycles. The fourth-order valence-electron chi connectivity index (χ4n) is 7.60. The predicted octanol–water partition coefficient (Wildman–Crippen LogP) is 3.43. The highest BCUT2D eigenvalue weighted by molar-refractivity contribution is 7.57. The van der Waals surface area contributed by atoms with E-state index in [0.29, 0.717) is 0 Å². The van der Waals surface area contributed by atoms with Gasteiger partial charge in [0.25, 0.3) is 0 Å². The van der Waals surface area contributed by atoms with Crippen molar-refractivity contribution in [3.05, 3.63) is 143 Å². The van der Waals surface area contributed by atoms with Crippen LogP contribution in [0.1, 0.15) is 0 Å². The highest BCUT2D eigenvalue weighted by Gasteiger charge is 2.38. The van der Waals surface area contributed by atoms with E-state index in [1.165, 1.54) is 24.3 Å². The molecule has 1 aliphatic heterocycles. The molecule has 0 saturated carbocycles.